The lowest BCUT2D eigenvalue weighted by Gasteiger charge is -1.98. The standard InChI is InChI=1S/C12H15NO2.ClH/c13-9-4-10-15-12(14)8-7-11-5-2-1-3-6-11;/h1-3,5-8H,4,9-10,13H2;1H. The molecule has 0 aromatic heterocycles. The zero-order valence-electron chi connectivity index (χ0n) is 8.96. The lowest BCUT2D eigenvalue weighted by molar-refractivity contribution is -0.137. The molecule has 1 rings (SSSR count). The summed E-state index contributed by atoms with van der Waals surface area (Å²) in [4.78, 5) is 11.1. The van der Waals surface area contributed by atoms with E-state index in [1.54, 1.807) is 6.08 Å². The van der Waals surface area contributed by atoms with Gasteiger partial charge in [-0.05, 0) is 24.6 Å². The minimum absolute atomic E-state index is 0. The van der Waals surface area contributed by atoms with Gasteiger partial charge in [-0.2, -0.15) is 0 Å². The quantitative estimate of drug-likeness (QED) is 0.488. The van der Waals surface area contributed by atoms with Crippen LogP contribution in [0.2, 0.25) is 0 Å². The summed E-state index contributed by atoms with van der Waals surface area (Å²) in [5.74, 6) is -0.327. The summed E-state index contributed by atoms with van der Waals surface area (Å²) in [5.41, 5.74) is 6.25. The van der Waals surface area contributed by atoms with E-state index in [4.69, 9.17) is 10.5 Å². The molecule has 0 radical (unpaired) electrons. The van der Waals surface area contributed by atoms with Crippen LogP contribution in [0.25, 0.3) is 6.08 Å². The van der Waals surface area contributed by atoms with Crippen LogP contribution in [-0.4, -0.2) is 19.1 Å². The molecule has 0 amide bonds. The average molecular weight is 242 g/mol. The Morgan fingerprint density at radius 2 is 2.00 bits per heavy atom. The molecule has 2 N–H and O–H groups in total. The summed E-state index contributed by atoms with van der Waals surface area (Å²) < 4.78 is 4.90. The van der Waals surface area contributed by atoms with Crippen molar-refractivity contribution in [1.82, 2.24) is 0 Å². The second-order valence-corrected chi connectivity index (χ2v) is 3.05. The molecule has 4 heteroatoms. The third-order valence-electron chi connectivity index (χ3n) is 1.80. The van der Waals surface area contributed by atoms with E-state index in [0.29, 0.717) is 19.6 Å². The molecule has 3 nitrogen and oxygen atoms in total. The largest absolute Gasteiger partial charge is 0.462 e. The molecule has 1 aromatic carbocycles. The van der Waals surface area contributed by atoms with E-state index in [2.05, 4.69) is 0 Å². The van der Waals surface area contributed by atoms with E-state index >= 15 is 0 Å². The summed E-state index contributed by atoms with van der Waals surface area (Å²) in [6, 6.07) is 9.60. The summed E-state index contributed by atoms with van der Waals surface area (Å²) in [5, 5.41) is 0. The number of carbonyl (C=O) groups excluding carboxylic acids is 1. The van der Waals surface area contributed by atoms with Crippen molar-refractivity contribution in [3.05, 3.63) is 42.0 Å². The fourth-order valence-electron chi connectivity index (χ4n) is 1.03. The zero-order valence-corrected chi connectivity index (χ0v) is 9.78. The Balaban J connectivity index is 0.00000225. The maximum absolute atomic E-state index is 11.1. The monoisotopic (exact) mass is 241 g/mol. The fraction of sp³-hybridized carbons (Fsp3) is 0.250. The second-order valence-electron chi connectivity index (χ2n) is 3.05. The van der Waals surface area contributed by atoms with Crippen molar-refractivity contribution in [3.8, 4) is 0 Å². The topological polar surface area (TPSA) is 52.3 Å². The van der Waals surface area contributed by atoms with Gasteiger partial charge in [0.05, 0.1) is 6.61 Å². The predicted molar refractivity (Wildman–Crippen MR) is 67.4 cm³/mol. The molecular weight excluding hydrogens is 226 g/mol. The van der Waals surface area contributed by atoms with Gasteiger partial charge in [0.25, 0.3) is 0 Å². The van der Waals surface area contributed by atoms with E-state index in [1.807, 2.05) is 30.3 Å². The maximum Gasteiger partial charge on any atom is 0.330 e. The smallest absolute Gasteiger partial charge is 0.330 e. The van der Waals surface area contributed by atoms with Gasteiger partial charge in [-0.1, -0.05) is 30.3 Å². The molecule has 0 saturated carbocycles. The molecule has 16 heavy (non-hydrogen) atoms. The highest BCUT2D eigenvalue weighted by Gasteiger charge is 1.95. The molecule has 88 valence electrons. The van der Waals surface area contributed by atoms with Crippen molar-refractivity contribution in [2.45, 2.75) is 6.42 Å². The second kappa shape index (κ2) is 8.95. The van der Waals surface area contributed by atoms with Gasteiger partial charge in [0.15, 0.2) is 0 Å². The van der Waals surface area contributed by atoms with Gasteiger partial charge < -0.3 is 10.5 Å². The van der Waals surface area contributed by atoms with Gasteiger partial charge in [-0.25, -0.2) is 4.79 Å². The first-order chi connectivity index (χ1) is 7.33. The van der Waals surface area contributed by atoms with E-state index < -0.39 is 0 Å². The number of esters is 1. The zero-order chi connectivity index (χ0) is 10.9. The Morgan fingerprint density at radius 1 is 1.31 bits per heavy atom. The highest BCUT2D eigenvalue weighted by molar-refractivity contribution is 5.87. The SMILES string of the molecule is Cl.NCCCOC(=O)C=Cc1ccccc1. The van der Waals surface area contributed by atoms with E-state index in [1.165, 1.54) is 6.08 Å². The van der Waals surface area contributed by atoms with Crippen molar-refractivity contribution in [3.63, 3.8) is 0 Å². The molecule has 0 unspecified atom stereocenters. The van der Waals surface area contributed by atoms with Gasteiger partial charge in [0.1, 0.15) is 0 Å². The number of carbonyl (C=O) groups is 1. The average Bonchev–Trinajstić information content (AvgIpc) is 2.28. The normalized spacial score (nSPS) is 9.81. The molecule has 0 bridgehead atoms. The highest BCUT2D eigenvalue weighted by atomic mass is 35.5. The van der Waals surface area contributed by atoms with Gasteiger partial charge >= 0.3 is 5.97 Å². The van der Waals surface area contributed by atoms with Crippen LogP contribution in [0, 0.1) is 0 Å². The number of nitrogens with two attached hydrogens (primary N) is 1. The first-order valence-corrected chi connectivity index (χ1v) is 4.93. The molecule has 0 spiro atoms. The molecule has 0 atom stereocenters. The number of benzene rings is 1. The molecule has 0 aliphatic heterocycles. The summed E-state index contributed by atoms with van der Waals surface area (Å²) in [6.07, 6.45) is 3.85. The maximum atomic E-state index is 11.1. The van der Waals surface area contributed by atoms with E-state index in [9.17, 15) is 4.79 Å². The van der Waals surface area contributed by atoms with Crippen molar-refractivity contribution < 1.29 is 9.53 Å². The molecule has 0 aliphatic carbocycles. The summed E-state index contributed by atoms with van der Waals surface area (Å²) in [7, 11) is 0. The van der Waals surface area contributed by atoms with Crippen LogP contribution >= 0.6 is 12.4 Å². The Morgan fingerprint density at radius 3 is 2.62 bits per heavy atom. The minimum Gasteiger partial charge on any atom is -0.462 e. The number of ether oxygens (including phenoxy) is 1. The van der Waals surface area contributed by atoms with Crippen LogP contribution < -0.4 is 5.73 Å². The lowest BCUT2D eigenvalue weighted by atomic mass is 10.2. The van der Waals surface area contributed by atoms with Crippen molar-refractivity contribution in [1.29, 1.82) is 0 Å². The van der Waals surface area contributed by atoms with E-state index in [0.717, 1.165) is 5.56 Å². The van der Waals surface area contributed by atoms with E-state index in [-0.39, 0.29) is 18.4 Å². The number of hydrogen-bond donors (Lipinski definition) is 1. The van der Waals surface area contributed by atoms with Crippen LogP contribution in [0.1, 0.15) is 12.0 Å². The molecule has 1 aromatic rings. The third-order valence-corrected chi connectivity index (χ3v) is 1.80. The van der Waals surface area contributed by atoms with Crippen LogP contribution in [0.5, 0.6) is 0 Å². The summed E-state index contributed by atoms with van der Waals surface area (Å²) in [6.45, 7) is 0.921. The number of hydrogen-bond acceptors (Lipinski definition) is 3. The molecule has 0 saturated heterocycles. The predicted octanol–water partition coefficient (Wildman–Crippen LogP) is 2.01. The molecule has 0 fully saturated rings. The van der Waals surface area contributed by atoms with Crippen LogP contribution in [0.4, 0.5) is 0 Å². The van der Waals surface area contributed by atoms with Crippen molar-refractivity contribution in [2.24, 2.45) is 5.73 Å². The Kier molecular flexibility index (Phi) is 8.21. The van der Waals surface area contributed by atoms with Gasteiger partial charge in [0.2, 0.25) is 0 Å². The van der Waals surface area contributed by atoms with Crippen LogP contribution in [0.3, 0.4) is 0 Å². The van der Waals surface area contributed by atoms with Crippen molar-refractivity contribution in [2.75, 3.05) is 13.2 Å². The number of rotatable bonds is 5. The minimum atomic E-state index is -0.327. The number of halogens is 1. The van der Waals surface area contributed by atoms with Crippen molar-refractivity contribution >= 4 is 24.5 Å². The first kappa shape index (κ1) is 14.7. The lowest BCUT2D eigenvalue weighted by Crippen LogP contribution is -2.07. The first-order valence-electron chi connectivity index (χ1n) is 4.93. The Hall–Kier alpha value is -1.32. The third kappa shape index (κ3) is 6.22. The summed E-state index contributed by atoms with van der Waals surface area (Å²) >= 11 is 0. The molecule has 0 aliphatic rings. The Bertz CT molecular complexity index is 325. The fourth-order valence-corrected chi connectivity index (χ4v) is 1.03. The van der Waals surface area contributed by atoms with Gasteiger partial charge in [0, 0.05) is 6.08 Å². The molecule has 0 heterocycles. The highest BCUT2D eigenvalue weighted by Crippen LogP contribution is 2.00. The Labute approximate surface area is 102 Å². The van der Waals surface area contributed by atoms with Gasteiger partial charge in [-0.3, -0.25) is 0 Å². The van der Waals surface area contributed by atoms with Crippen LogP contribution in [0.15, 0.2) is 36.4 Å². The van der Waals surface area contributed by atoms with Gasteiger partial charge in [-0.15, -0.1) is 12.4 Å². The molecular formula is C12H16ClNO2. The van der Waals surface area contributed by atoms with Crippen LogP contribution in [-0.2, 0) is 9.53 Å².